The monoisotopic (exact) mass is 228 g/mol. The second-order valence-corrected chi connectivity index (χ2v) is 4.28. The normalized spacial score (nSPS) is 10.7. The number of carbonyl (C=O) groups excluding carboxylic acids is 1. The molecule has 0 heterocycles. The van der Waals surface area contributed by atoms with Crippen LogP contribution >= 0.6 is 11.6 Å². The SMILES string of the molecule is CC(C)C(=O)CCc1ccc(F)c(Cl)c1. The van der Waals surface area contributed by atoms with Crippen molar-refractivity contribution in [1.29, 1.82) is 0 Å². The van der Waals surface area contributed by atoms with Gasteiger partial charge in [0.05, 0.1) is 5.02 Å². The number of halogens is 2. The molecule has 0 saturated heterocycles. The lowest BCUT2D eigenvalue weighted by Crippen LogP contribution is -2.07. The molecule has 0 fully saturated rings. The van der Waals surface area contributed by atoms with Gasteiger partial charge in [0.1, 0.15) is 11.6 Å². The third-order valence-corrected chi connectivity index (χ3v) is 2.58. The Bertz CT molecular complexity index is 361. The summed E-state index contributed by atoms with van der Waals surface area (Å²) >= 11 is 5.63. The Labute approximate surface area is 94.3 Å². The largest absolute Gasteiger partial charge is 0.299 e. The van der Waals surface area contributed by atoms with Crippen LogP contribution in [0.3, 0.4) is 0 Å². The maximum Gasteiger partial charge on any atom is 0.141 e. The lowest BCUT2D eigenvalue weighted by atomic mass is 10.0. The molecule has 0 amide bonds. The molecule has 0 aliphatic heterocycles. The van der Waals surface area contributed by atoms with Crippen LogP contribution in [0.15, 0.2) is 18.2 Å². The lowest BCUT2D eigenvalue weighted by Gasteiger charge is -2.04. The molecule has 0 radical (unpaired) electrons. The number of benzene rings is 1. The van der Waals surface area contributed by atoms with Crippen LogP contribution in [0.2, 0.25) is 5.02 Å². The predicted octanol–water partition coefficient (Wildman–Crippen LogP) is 3.64. The molecule has 1 rings (SSSR count). The summed E-state index contributed by atoms with van der Waals surface area (Å²) in [6.45, 7) is 3.75. The van der Waals surface area contributed by atoms with Gasteiger partial charge in [-0.2, -0.15) is 0 Å². The van der Waals surface area contributed by atoms with Crippen LogP contribution < -0.4 is 0 Å². The van der Waals surface area contributed by atoms with Gasteiger partial charge >= 0.3 is 0 Å². The van der Waals surface area contributed by atoms with E-state index in [0.717, 1.165) is 5.56 Å². The zero-order valence-electron chi connectivity index (χ0n) is 8.89. The van der Waals surface area contributed by atoms with Crippen molar-refractivity contribution in [2.24, 2.45) is 5.92 Å². The molecule has 3 heteroatoms. The Hall–Kier alpha value is -0.890. The quantitative estimate of drug-likeness (QED) is 0.769. The number of ketones is 1. The van der Waals surface area contributed by atoms with E-state index in [1.165, 1.54) is 6.07 Å². The van der Waals surface area contributed by atoms with Gasteiger partial charge in [-0.3, -0.25) is 4.79 Å². The van der Waals surface area contributed by atoms with Crippen LogP contribution in [0.4, 0.5) is 4.39 Å². The fourth-order valence-corrected chi connectivity index (χ4v) is 1.45. The highest BCUT2D eigenvalue weighted by atomic mass is 35.5. The molecule has 1 aromatic carbocycles. The Morgan fingerprint density at radius 2 is 2.13 bits per heavy atom. The minimum absolute atomic E-state index is 0.0564. The smallest absolute Gasteiger partial charge is 0.141 e. The highest BCUT2D eigenvalue weighted by Gasteiger charge is 2.08. The summed E-state index contributed by atoms with van der Waals surface area (Å²) in [5.41, 5.74) is 0.899. The van der Waals surface area contributed by atoms with Gasteiger partial charge in [-0.1, -0.05) is 31.5 Å². The van der Waals surface area contributed by atoms with Crippen molar-refractivity contribution in [3.63, 3.8) is 0 Å². The van der Waals surface area contributed by atoms with E-state index >= 15 is 0 Å². The van der Waals surface area contributed by atoms with Crippen LogP contribution in [-0.2, 0) is 11.2 Å². The van der Waals surface area contributed by atoms with E-state index in [1.54, 1.807) is 12.1 Å². The maximum atomic E-state index is 12.8. The van der Waals surface area contributed by atoms with Crippen molar-refractivity contribution >= 4 is 17.4 Å². The molecule has 0 spiro atoms. The van der Waals surface area contributed by atoms with Gasteiger partial charge in [-0.25, -0.2) is 4.39 Å². The Balaban J connectivity index is 2.58. The summed E-state index contributed by atoms with van der Waals surface area (Å²) in [7, 11) is 0. The van der Waals surface area contributed by atoms with Crippen LogP contribution in [0, 0.1) is 11.7 Å². The Morgan fingerprint density at radius 3 is 2.67 bits per heavy atom. The first-order valence-corrected chi connectivity index (χ1v) is 5.35. The molecule has 1 nitrogen and oxygen atoms in total. The minimum Gasteiger partial charge on any atom is -0.299 e. The topological polar surface area (TPSA) is 17.1 Å². The standard InChI is InChI=1S/C12H14ClFO/c1-8(2)12(15)6-4-9-3-5-11(14)10(13)7-9/h3,5,7-8H,4,6H2,1-2H3. The maximum absolute atomic E-state index is 12.8. The molecule has 82 valence electrons. The van der Waals surface area contributed by atoms with Gasteiger partial charge in [0.15, 0.2) is 0 Å². The molecular weight excluding hydrogens is 215 g/mol. The molecule has 0 bridgehead atoms. The van der Waals surface area contributed by atoms with Gasteiger partial charge < -0.3 is 0 Å². The zero-order chi connectivity index (χ0) is 11.4. The van der Waals surface area contributed by atoms with Gasteiger partial charge in [0.25, 0.3) is 0 Å². The van der Waals surface area contributed by atoms with E-state index in [9.17, 15) is 9.18 Å². The molecular formula is C12H14ClFO. The number of Topliss-reactive ketones (excluding diaryl/α,β-unsaturated/α-hetero) is 1. The highest BCUT2D eigenvalue weighted by Crippen LogP contribution is 2.17. The third-order valence-electron chi connectivity index (χ3n) is 2.29. The molecule has 0 aliphatic rings. The second-order valence-electron chi connectivity index (χ2n) is 3.87. The lowest BCUT2D eigenvalue weighted by molar-refractivity contribution is -0.121. The van der Waals surface area contributed by atoms with Crippen molar-refractivity contribution in [1.82, 2.24) is 0 Å². The molecule has 0 aliphatic carbocycles. The van der Waals surface area contributed by atoms with Gasteiger partial charge in [0, 0.05) is 12.3 Å². The molecule has 1 aromatic rings. The van der Waals surface area contributed by atoms with Crippen LogP contribution in [-0.4, -0.2) is 5.78 Å². The van der Waals surface area contributed by atoms with E-state index in [0.29, 0.717) is 12.8 Å². The van der Waals surface area contributed by atoms with Gasteiger partial charge in [0.2, 0.25) is 0 Å². The van der Waals surface area contributed by atoms with Gasteiger partial charge in [-0.05, 0) is 24.1 Å². The molecule has 0 saturated carbocycles. The first kappa shape index (κ1) is 12.2. The summed E-state index contributed by atoms with van der Waals surface area (Å²) in [4.78, 5) is 11.4. The summed E-state index contributed by atoms with van der Waals surface area (Å²) in [6, 6.07) is 4.57. The average molecular weight is 229 g/mol. The zero-order valence-corrected chi connectivity index (χ0v) is 9.64. The molecule has 0 N–H and O–H groups in total. The summed E-state index contributed by atoms with van der Waals surface area (Å²) in [6.07, 6.45) is 1.11. The predicted molar refractivity (Wildman–Crippen MR) is 59.6 cm³/mol. The first-order valence-electron chi connectivity index (χ1n) is 4.97. The van der Waals surface area contributed by atoms with E-state index in [-0.39, 0.29) is 16.7 Å². The third kappa shape index (κ3) is 3.63. The van der Waals surface area contributed by atoms with Gasteiger partial charge in [-0.15, -0.1) is 0 Å². The second kappa shape index (κ2) is 5.26. The van der Waals surface area contributed by atoms with Crippen LogP contribution in [0.25, 0.3) is 0 Å². The minimum atomic E-state index is -0.421. The Kier molecular flexibility index (Phi) is 4.28. The van der Waals surface area contributed by atoms with Crippen LogP contribution in [0.1, 0.15) is 25.8 Å². The van der Waals surface area contributed by atoms with Crippen molar-refractivity contribution in [2.45, 2.75) is 26.7 Å². The first-order chi connectivity index (χ1) is 7.00. The Morgan fingerprint density at radius 1 is 1.47 bits per heavy atom. The highest BCUT2D eigenvalue weighted by molar-refractivity contribution is 6.30. The van der Waals surface area contributed by atoms with E-state index < -0.39 is 5.82 Å². The van der Waals surface area contributed by atoms with Crippen molar-refractivity contribution in [3.8, 4) is 0 Å². The van der Waals surface area contributed by atoms with Crippen molar-refractivity contribution < 1.29 is 9.18 Å². The fourth-order valence-electron chi connectivity index (χ4n) is 1.25. The summed E-state index contributed by atoms with van der Waals surface area (Å²) in [5.74, 6) is -0.146. The molecule has 15 heavy (non-hydrogen) atoms. The number of rotatable bonds is 4. The van der Waals surface area contributed by atoms with E-state index in [1.807, 2.05) is 13.8 Å². The molecule has 0 atom stereocenters. The number of hydrogen-bond acceptors (Lipinski definition) is 1. The van der Waals surface area contributed by atoms with E-state index in [4.69, 9.17) is 11.6 Å². The fraction of sp³-hybridized carbons (Fsp3) is 0.417. The van der Waals surface area contributed by atoms with Crippen molar-refractivity contribution in [3.05, 3.63) is 34.6 Å². The molecule has 0 unspecified atom stereocenters. The number of hydrogen-bond donors (Lipinski definition) is 0. The van der Waals surface area contributed by atoms with E-state index in [2.05, 4.69) is 0 Å². The number of carbonyl (C=O) groups is 1. The summed E-state index contributed by atoms with van der Waals surface area (Å²) < 4.78 is 12.8. The van der Waals surface area contributed by atoms with Crippen LogP contribution in [0.5, 0.6) is 0 Å². The number of aryl methyl sites for hydroxylation is 1. The van der Waals surface area contributed by atoms with Crippen molar-refractivity contribution in [2.75, 3.05) is 0 Å². The summed E-state index contributed by atoms with van der Waals surface area (Å²) in [5, 5.41) is 0.115. The molecule has 0 aromatic heterocycles. The average Bonchev–Trinajstić information content (AvgIpc) is 2.19.